The molecule has 5 heteroatoms. The molecule has 3 aromatic rings. The number of amides is 1. The maximum Gasteiger partial charge on any atom is 0.272 e. The first-order chi connectivity index (χ1) is 13.2. The lowest BCUT2D eigenvalue weighted by Gasteiger charge is -2.23. The van der Waals surface area contributed by atoms with Crippen molar-refractivity contribution in [2.45, 2.75) is 20.4 Å². The van der Waals surface area contributed by atoms with Gasteiger partial charge in [-0.05, 0) is 37.6 Å². The highest BCUT2D eigenvalue weighted by Gasteiger charge is 2.18. The van der Waals surface area contributed by atoms with Crippen LogP contribution < -0.4 is 4.90 Å². The molecule has 0 saturated carbocycles. The zero-order valence-corrected chi connectivity index (χ0v) is 15.7. The number of hydrogen-bond acceptors (Lipinski definition) is 4. The molecule has 1 heterocycles. The lowest BCUT2D eigenvalue weighted by molar-refractivity contribution is 0.0746. The van der Waals surface area contributed by atoms with Gasteiger partial charge in [-0.25, -0.2) is 9.97 Å². The highest BCUT2D eigenvalue weighted by molar-refractivity contribution is 5.92. The Morgan fingerprint density at radius 2 is 1.56 bits per heavy atom. The third kappa shape index (κ3) is 4.50. The highest BCUT2D eigenvalue weighted by atomic mass is 16.2. The molecule has 5 nitrogen and oxygen atoms in total. The molecule has 0 atom stereocenters. The van der Waals surface area contributed by atoms with E-state index in [0.29, 0.717) is 31.3 Å². The molecule has 0 fully saturated rings. The van der Waals surface area contributed by atoms with E-state index >= 15 is 0 Å². The van der Waals surface area contributed by atoms with Crippen LogP contribution in [0.1, 0.15) is 29.9 Å². The molecule has 0 aliphatic carbocycles. The quantitative estimate of drug-likeness (QED) is 0.630. The van der Waals surface area contributed by atoms with E-state index < -0.39 is 0 Å². The SMILES string of the molecule is CCN(Cc1ccccc1)C(=O)c1ccnc(N(CC)c2ccccc2)n1. The second kappa shape index (κ2) is 8.94. The van der Waals surface area contributed by atoms with Gasteiger partial charge in [0, 0.05) is 31.5 Å². The average molecular weight is 360 g/mol. The fourth-order valence-electron chi connectivity index (χ4n) is 2.94. The van der Waals surface area contributed by atoms with E-state index in [1.807, 2.05) is 79.4 Å². The molecule has 2 aromatic carbocycles. The van der Waals surface area contributed by atoms with Crippen molar-refractivity contribution in [3.05, 3.63) is 84.2 Å². The predicted octanol–water partition coefficient (Wildman–Crippen LogP) is 4.30. The Bertz CT molecular complexity index is 868. The first-order valence-electron chi connectivity index (χ1n) is 9.21. The fourth-order valence-corrected chi connectivity index (χ4v) is 2.94. The van der Waals surface area contributed by atoms with E-state index in [2.05, 4.69) is 9.97 Å². The van der Waals surface area contributed by atoms with E-state index in [0.717, 1.165) is 11.3 Å². The van der Waals surface area contributed by atoms with Crippen molar-refractivity contribution in [3.63, 3.8) is 0 Å². The number of anilines is 2. The van der Waals surface area contributed by atoms with E-state index in [-0.39, 0.29) is 5.91 Å². The summed E-state index contributed by atoms with van der Waals surface area (Å²) in [6, 6.07) is 21.6. The van der Waals surface area contributed by atoms with Crippen LogP contribution in [0.3, 0.4) is 0 Å². The summed E-state index contributed by atoms with van der Waals surface area (Å²) < 4.78 is 0. The van der Waals surface area contributed by atoms with Gasteiger partial charge in [0.2, 0.25) is 5.95 Å². The summed E-state index contributed by atoms with van der Waals surface area (Å²) in [6.45, 7) is 5.90. The van der Waals surface area contributed by atoms with Crippen LogP contribution in [-0.4, -0.2) is 33.9 Å². The number of benzene rings is 2. The topological polar surface area (TPSA) is 49.3 Å². The van der Waals surface area contributed by atoms with Crippen LogP contribution in [0.5, 0.6) is 0 Å². The van der Waals surface area contributed by atoms with Crippen molar-refractivity contribution in [3.8, 4) is 0 Å². The highest BCUT2D eigenvalue weighted by Crippen LogP contribution is 2.21. The fraction of sp³-hybridized carbons (Fsp3) is 0.227. The van der Waals surface area contributed by atoms with Crippen molar-refractivity contribution in [1.29, 1.82) is 0 Å². The largest absolute Gasteiger partial charge is 0.333 e. The standard InChI is InChI=1S/C22H24N4O/c1-3-25(17-18-11-7-5-8-12-18)21(27)20-15-16-23-22(24-20)26(4-2)19-13-9-6-10-14-19/h5-16H,3-4,17H2,1-2H3. The van der Waals surface area contributed by atoms with Gasteiger partial charge in [-0.1, -0.05) is 48.5 Å². The van der Waals surface area contributed by atoms with Crippen molar-refractivity contribution in [1.82, 2.24) is 14.9 Å². The molecule has 0 aliphatic rings. The van der Waals surface area contributed by atoms with Crippen molar-refractivity contribution in [2.75, 3.05) is 18.0 Å². The third-order valence-electron chi connectivity index (χ3n) is 4.37. The molecular formula is C22H24N4O. The summed E-state index contributed by atoms with van der Waals surface area (Å²) in [5, 5.41) is 0. The number of hydrogen-bond donors (Lipinski definition) is 0. The van der Waals surface area contributed by atoms with Crippen molar-refractivity contribution >= 4 is 17.5 Å². The second-order valence-corrected chi connectivity index (χ2v) is 6.13. The molecule has 0 spiro atoms. The maximum absolute atomic E-state index is 13.0. The predicted molar refractivity (Wildman–Crippen MR) is 108 cm³/mol. The molecule has 0 N–H and O–H groups in total. The summed E-state index contributed by atoms with van der Waals surface area (Å²) >= 11 is 0. The molecule has 0 radical (unpaired) electrons. The first kappa shape index (κ1) is 18.6. The summed E-state index contributed by atoms with van der Waals surface area (Å²) in [6.07, 6.45) is 1.65. The van der Waals surface area contributed by atoms with Crippen LogP contribution in [0.2, 0.25) is 0 Å². The van der Waals surface area contributed by atoms with Gasteiger partial charge in [0.15, 0.2) is 0 Å². The van der Waals surface area contributed by atoms with Gasteiger partial charge < -0.3 is 9.80 Å². The van der Waals surface area contributed by atoms with Crippen molar-refractivity contribution < 1.29 is 4.79 Å². The van der Waals surface area contributed by atoms with Gasteiger partial charge in [-0.15, -0.1) is 0 Å². The second-order valence-electron chi connectivity index (χ2n) is 6.13. The molecule has 0 bridgehead atoms. The Morgan fingerprint density at radius 3 is 2.19 bits per heavy atom. The van der Waals surface area contributed by atoms with Crippen LogP contribution >= 0.6 is 0 Å². The van der Waals surface area contributed by atoms with Crippen LogP contribution in [0.4, 0.5) is 11.6 Å². The van der Waals surface area contributed by atoms with Gasteiger partial charge in [0.1, 0.15) is 5.69 Å². The maximum atomic E-state index is 13.0. The Kier molecular flexibility index (Phi) is 6.15. The number of aromatic nitrogens is 2. The monoisotopic (exact) mass is 360 g/mol. The molecular weight excluding hydrogens is 336 g/mol. The zero-order chi connectivity index (χ0) is 19.1. The molecule has 1 amide bonds. The smallest absolute Gasteiger partial charge is 0.272 e. The minimum absolute atomic E-state index is 0.0888. The molecule has 0 unspecified atom stereocenters. The minimum atomic E-state index is -0.0888. The summed E-state index contributed by atoms with van der Waals surface area (Å²) in [4.78, 5) is 25.7. The molecule has 138 valence electrons. The lowest BCUT2D eigenvalue weighted by Crippen LogP contribution is -2.31. The van der Waals surface area contributed by atoms with E-state index in [4.69, 9.17) is 0 Å². The summed E-state index contributed by atoms with van der Waals surface area (Å²) in [7, 11) is 0. The Hall–Kier alpha value is -3.21. The van der Waals surface area contributed by atoms with Gasteiger partial charge in [0.25, 0.3) is 5.91 Å². The molecule has 27 heavy (non-hydrogen) atoms. The van der Waals surface area contributed by atoms with E-state index in [9.17, 15) is 4.79 Å². The Balaban J connectivity index is 1.84. The number of carbonyl (C=O) groups excluding carboxylic acids is 1. The lowest BCUT2D eigenvalue weighted by atomic mass is 10.2. The summed E-state index contributed by atoms with van der Waals surface area (Å²) in [5.41, 5.74) is 2.51. The molecule has 0 aliphatic heterocycles. The minimum Gasteiger partial charge on any atom is -0.333 e. The number of para-hydroxylation sites is 1. The molecule has 3 rings (SSSR count). The first-order valence-corrected chi connectivity index (χ1v) is 9.21. The zero-order valence-electron chi connectivity index (χ0n) is 15.7. The summed E-state index contributed by atoms with van der Waals surface area (Å²) in [5.74, 6) is 0.444. The number of rotatable bonds is 7. The van der Waals surface area contributed by atoms with Crippen LogP contribution in [0, 0.1) is 0 Å². The van der Waals surface area contributed by atoms with E-state index in [1.165, 1.54) is 0 Å². The van der Waals surface area contributed by atoms with Gasteiger partial charge in [-0.2, -0.15) is 0 Å². The third-order valence-corrected chi connectivity index (χ3v) is 4.37. The molecule has 0 saturated heterocycles. The Labute approximate surface area is 160 Å². The molecule has 1 aromatic heterocycles. The van der Waals surface area contributed by atoms with Crippen LogP contribution in [-0.2, 0) is 6.54 Å². The number of nitrogens with zero attached hydrogens (tertiary/aromatic N) is 4. The Morgan fingerprint density at radius 1 is 0.889 bits per heavy atom. The normalized spacial score (nSPS) is 10.4. The van der Waals surface area contributed by atoms with Gasteiger partial charge in [-0.3, -0.25) is 4.79 Å². The van der Waals surface area contributed by atoms with Crippen LogP contribution in [0.15, 0.2) is 72.9 Å². The number of carbonyl (C=O) groups is 1. The van der Waals surface area contributed by atoms with Crippen LogP contribution in [0.25, 0.3) is 0 Å². The van der Waals surface area contributed by atoms with E-state index in [1.54, 1.807) is 17.2 Å². The van der Waals surface area contributed by atoms with Gasteiger partial charge >= 0.3 is 0 Å². The van der Waals surface area contributed by atoms with Gasteiger partial charge in [0.05, 0.1) is 0 Å². The van der Waals surface area contributed by atoms with Crippen molar-refractivity contribution in [2.24, 2.45) is 0 Å². The average Bonchev–Trinajstić information content (AvgIpc) is 2.74.